The van der Waals surface area contributed by atoms with Gasteiger partial charge in [0.1, 0.15) is 11.6 Å². The number of nitrogens with one attached hydrogen (secondary N) is 1. The topological polar surface area (TPSA) is 42.7 Å². The van der Waals surface area contributed by atoms with Gasteiger partial charge in [-0.3, -0.25) is 0 Å². The van der Waals surface area contributed by atoms with Crippen LogP contribution in [0.2, 0.25) is 10.0 Å². The summed E-state index contributed by atoms with van der Waals surface area (Å²) >= 11 is 12.0. The van der Waals surface area contributed by atoms with E-state index >= 15 is 0 Å². The monoisotopic (exact) mass is 314 g/mol. The van der Waals surface area contributed by atoms with Crippen LogP contribution in [0.5, 0.6) is 0 Å². The molecule has 1 aromatic carbocycles. The van der Waals surface area contributed by atoms with Gasteiger partial charge in [-0.25, -0.2) is 4.39 Å². The summed E-state index contributed by atoms with van der Waals surface area (Å²) in [6.45, 7) is 1.39. The fourth-order valence-electron chi connectivity index (χ4n) is 2.38. The van der Waals surface area contributed by atoms with E-state index in [1.54, 1.807) is 0 Å². The summed E-state index contributed by atoms with van der Waals surface area (Å²) in [7, 11) is 0. The Hall–Kier alpha value is -1.33. The van der Waals surface area contributed by atoms with E-state index in [-0.39, 0.29) is 10.0 Å². The van der Waals surface area contributed by atoms with Crippen molar-refractivity contribution < 1.29 is 4.39 Å². The number of aryl methyl sites for hydroxylation is 1. The van der Waals surface area contributed by atoms with Gasteiger partial charge in [0.05, 0.1) is 22.3 Å². The van der Waals surface area contributed by atoms with E-state index in [2.05, 4.69) is 20.1 Å². The third-order valence-electron chi connectivity index (χ3n) is 3.37. The van der Waals surface area contributed by atoms with Gasteiger partial charge in [0.15, 0.2) is 5.82 Å². The molecule has 2 heterocycles. The van der Waals surface area contributed by atoms with Gasteiger partial charge in [-0.1, -0.05) is 23.2 Å². The maximum atomic E-state index is 13.1. The molecule has 1 aromatic heterocycles. The molecule has 4 nitrogen and oxygen atoms in total. The first-order valence-corrected chi connectivity index (χ1v) is 7.20. The van der Waals surface area contributed by atoms with Crippen LogP contribution in [0.25, 0.3) is 0 Å². The quantitative estimate of drug-likeness (QED) is 0.940. The first-order valence-electron chi connectivity index (χ1n) is 6.44. The molecule has 7 heteroatoms. The van der Waals surface area contributed by atoms with Crippen LogP contribution in [-0.2, 0) is 19.5 Å². The Kier molecular flexibility index (Phi) is 3.81. The van der Waals surface area contributed by atoms with Crippen LogP contribution < -0.4 is 5.32 Å². The smallest absolute Gasteiger partial charge is 0.152 e. The standard InChI is InChI=1S/C13H13Cl2FN4/c14-9-5-8(16)6-10(15)13(9)17-7-12-19-18-11-3-1-2-4-20(11)12/h5-6,17H,1-4,7H2. The van der Waals surface area contributed by atoms with Gasteiger partial charge in [-0.15, -0.1) is 10.2 Å². The molecule has 0 atom stereocenters. The molecule has 3 rings (SSSR count). The van der Waals surface area contributed by atoms with Gasteiger partial charge in [-0.2, -0.15) is 0 Å². The SMILES string of the molecule is Fc1cc(Cl)c(NCc2nnc3n2CCCC3)c(Cl)c1. The van der Waals surface area contributed by atoms with Crippen molar-refractivity contribution in [3.05, 3.63) is 39.6 Å². The van der Waals surface area contributed by atoms with E-state index in [0.29, 0.717) is 12.2 Å². The molecule has 0 radical (unpaired) electrons. The molecule has 0 fully saturated rings. The maximum absolute atomic E-state index is 13.1. The van der Waals surface area contributed by atoms with Crippen molar-refractivity contribution in [3.63, 3.8) is 0 Å². The number of hydrogen-bond acceptors (Lipinski definition) is 3. The van der Waals surface area contributed by atoms with E-state index in [1.165, 1.54) is 12.1 Å². The average Bonchev–Trinajstić information content (AvgIpc) is 2.81. The van der Waals surface area contributed by atoms with Crippen LogP contribution in [0.15, 0.2) is 12.1 Å². The van der Waals surface area contributed by atoms with Crippen LogP contribution in [0, 0.1) is 5.82 Å². The summed E-state index contributed by atoms with van der Waals surface area (Å²) < 4.78 is 15.2. The van der Waals surface area contributed by atoms with Crippen molar-refractivity contribution in [1.29, 1.82) is 0 Å². The van der Waals surface area contributed by atoms with Gasteiger partial charge in [0.2, 0.25) is 0 Å². The van der Waals surface area contributed by atoms with Gasteiger partial charge in [-0.05, 0) is 25.0 Å². The molecular weight excluding hydrogens is 302 g/mol. The summed E-state index contributed by atoms with van der Waals surface area (Å²) in [6, 6.07) is 2.46. The number of halogens is 3. The molecule has 0 bridgehead atoms. The molecule has 2 aromatic rings. The zero-order valence-corrected chi connectivity index (χ0v) is 12.2. The highest BCUT2D eigenvalue weighted by Gasteiger charge is 2.16. The Morgan fingerprint density at radius 1 is 1.20 bits per heavy atom. The Labute approximate surface area is 125 Å². The van der Waals surface area contributed by atoms with Gasteiger partial charge < -0.3 is 9.88 Å². The van der Waals surface area contributed by atoms with E-state index in [9.17, 15) is 4.39 Å². The summed E-state index contributed by atoms with van der Waals surface area (Å²) in [4.78, 5) is 0. The molecule has 0 unspecified atom stereocenters. The highest BCUT2D eigenvalue weighted by molar-refractivity contribution is 6.39. The molecule has 106 valence electrons. The van der Waals surface area contributed by atoms with Crippen LogP contribution >= 0.6 is 23.2 Å². The first kappa shape index (κ1) is 13.6. The van der Waals surface area contributed by atoms with Crippen molar-refractivity contribution in [2.75, 3.05) is 5.32 Å². The zero-order valence-electron chi connectivity index (χ0n) is 10.7. The number of nitrogens with zero attached hydrogens (tertiary/aromatic N) is 3. The number of aromatic nitrogens is 3. The third kappa shape index (κ3) is 2.60. The number of hydrogen-bond donors (Lipinski definition) is 1. The molecule has 1 aliphatic rings. The van der Waals surface area contributed by atoms with Crippen molar-refractivity contribution >= 4 is 28.9 Å². The first-order chi connectivity index (χ1) is 9.65. The fraction of sp³-hybridized carbons (Fsp3) is 0.385. The molecule has 1 N–H and O–H groups in total. The second-order valence-corrected chi connectivity index (χ2v) is 5.55. The average molecular weight is 315 g/mol. The van der Waals surface area contributed by atoms with Crippen LogP contribution in [0.4, 0.5) is 10.1 Å². The number of rotatable bonds is 3. The van der Waals surface area contributed by atoms with E-state index in [4.69, 9.17) is 23.2 Å². The molecule has 0 saturated heterocycles. The fourth-order valence-corrected chi connectivity index (χ4v) is 2.97. The Balaban J connectivity index is 1.79. The summed E-state index contributed by atoms with van der Waals surface area (Å²) in [6.07, 6.45) is 3.25. The number of benzene rings is 1. The molecule has 1 aliphatic heterocycles. The van der Waals surface area contributed by atoms with Crippen LogP contribution in [-0.4, -0.2) is 14.8 Å². The van der Waals surface area contributed by atoms with Crippen LogP contribution in [0.1, 0.15) is 24.5 Å². The lowest BCUT2D eigenvalue weighted by atomic mass is 10.2. The molecule has 0 aliphatic carbocycles. The Morgan fingerprint density at radius 2 is 1.95 bits per heavy atom. The van der Waals surface area contributed by atoms with Crippen molar-refractivity contribution in [1.82, 2.24) is 14.8 Å². The molecule has 0 amide bonds. The second-order valence-electron chi connectivity index (χ2n) is 4.74. The Morgan fingerprint density at radius 3 is 2.70 bits per heavy atom. The zero-order chi connectivity index (χ0) is 14.1. The minimum Gasteiger partial charge on any atom is -0.375 e. The van der Waals surface area contributed by atoms with Crippen molar-refractivity contribution in [3.8, 4) is 0 Å². The largest absolute Gasteiger partial charge is 0.375 e. The predicted octanol–water partition coefficient (Wildman–Crippen LogP) is 3.67. The Bertz CT molecular complexity index is 618. The number of anilines is 1. The molecular formula is C13H13Cl2FN4. The van der Waals surface area contributed by atoms with Crippen LogP contribution in [0.3, 0.4) is 0 Å². The van der Waals surface area contributed by atoms with Gasteiger partial charge in [0.25, 0.3) is 0 Å². The lowest BCUT2D eigenvalue weighted by molar-refractivity contribution is 0.510. The van der Waals surface area contributed by atoms with E-state index in [1.807, 2.05) is 0 Å². The van der Waals surface area contributed by atoms with Crippen molar-refractivity contribution in [2.24, 2.45) is 0 Å². The highest BCUT2D eigenvalue weighted by Crippen LogP contribution is 2.31. The highest BCUT2D eigenvalue weighted by atomic mass is 35.5. The number of fused-ring (bicyclic) bond motifs is 1. The molecule has 0 saturated carbocycles. The maximum Gasteiger partial charge on any atom is 0.152 e. The van der Waals surface area contributed by atoms with Crippen molar-refractivity contribution in [2.45, 2.75) is 32.4 Å². The lowest BCUT2D eigenvalue weighted by Crippen LogP contribution is -2.15. The van der Waals surface area contributed by atoms with E-state index < -0.39 is 5.82 Å². The lowest BCUT2D eigenvalue weighted by Gasteiger charge is -2.15. The van der Waals surface area contributed by atoms with Gasteiger partial charge >= 0.3 is 0 Å². The normalized spacial score (nSPS) is 14.2. The molecule has 0 spiro atoms. The minimum absolute atomic E-state index is 0.258. The molecule has 20 heavy (non-hydrogen) atoms. The minimum atomic E-state index is -0.453. The second kappa shape index (κ2) is 5.58. The predicted molar refractivity (Wildman–Crippen MR) is 76.7 cm³/mol. The summed E-state index contributed by atoms with van der Waals surface area (Å²) in [5, 5.41) is 12.0. The summed E-state index contributed by atoms with van der Waals surface area (Å²) in [5.41, 5.74) is 0.517. The summed E-state index contributed by atoms with van der Waals surface area (Å²) in [5.74, 6) is 1.41. The third-order valence-corrected chi connectivity index (χ3v) is 3.96. The van der Waals surface area contributed by atoms with Gasteiger partial charge in [0, 0.05) is 13.0 Å². The van der Waals surface area contributed by atoms with E-state index in [0.717, 1.165) is 37.5 Å².